The summed E-state index contributed by atoms with van der Waals surface area (Å²) in [6.07, 6.45) is 1.04. The van der Waals surface area contributed by atoms with Crippen LogP contribution in [0.1, 0.15) is 35.3 Å². The van der Waals surface area contributed by atoms with Gasteiger partial charge in [0.25, 0.3) is 5.91 Å². The highest BCUT2D eigenvalue weighted by Gasteiger charge is 2.14. The Bertz CT molecular complexity index is 388. The minimum Gasteiger partial charge on any atom is -0.355 e. The Morgan fingerprint density at radius 2 is 2.00 bits per heavy atom. The highest BCUT2D eigenvalue weighted by atomic mass is 16.1. The van der Waals surface area contributed by atoms with E-state index in [2.05, 4.69) is 23.3 Å². The van der Waals surface area contributed by atoms with Crippen LogP contribution >= 0.6 is 0 Å². The summed E-state index contributed by atoms with van der Waals surface area (Å²) in [6.45, 7) is 6.06. The molecular weight excluding hydrogens is 212 g/mol. The number of hydrogen-bond acceptors (Lipinski definition) is 2. The second kappa shape index (κ2) is 6.40. The molecular formula is C14H22N2O. The fourth-order valence-electron chi connectivity index (χ4n) is 1.98. The molecule has 0 saturated heterocycles. The van der Waals surface area contributed by atoms with Crippen molar-refractivity contribution in [1.82, 2.24) is 10.2 Å². The van der Waals surface area contributed by atoms with Crippen molar-refractivity contribution in [2.75, 3.05) is 20.6 Å². The van der Waals surface area contributed by atoms with Gasteiger partial charge >= 0.3 is 0 Å². The maximum Gasteiger partial charge on any atom is 0.251 e. The molecule has 0 unspecified atom stereocenters. The fraction of sp³-hybridized carbons (Fsp3) is 0.500. The van der Waals surface area contributed by atoms with Crippen LogP contribution in [0.4, 0.5) is 0 Å². The average molecular weight is 234 g/mol. The molecule has 0 aromatic heterocycles. The number of fused-ring (bicyclic) bond motifs is 1. The number of benzene rings is 1. The van der Waals surface area contributed by atoms with Gasteiger partial charge in [-0.25, -0.2) is 0 Å². The van der Waals surface area contributed by atoms with Gasteiger partial charge in [0.2, 0.25) is 0 Å². The van der Waals surface area contributed by atoms with Crippen LogP contribution in [0.25, 0.3) is 0 Å². The molecule has 0 aliphatic carbocycles. The molecule has 0 atom stereocenters. The number of nitrogens with zero attached hydrogens (tertiary/aromatic N) is 1. The molecule has 0 saturated carbocycles. The molecule has 0 spiro atoms. The lowest BCUT2D eigenvalue weighted by atomic mass is 9.97. The van der Waals surface area contributed by atoms with Gasteiger partial charge in [-0.05, 0) is 36.7 Å². The van der Waals surface area contributed by atoms with Gasteiger partial charge in [0.05, 0.1) is 0 Å². The summed E-state index contributed by atoms with van der Waals surface area (Å²) in [5, 5.41) is 2.65. The lowest BCUT2D eigenvalue weighted by molar-refractivity contribution is 0.0963. The number of carbonyl (C=O) groups is 1. The predicted octanol–water partition coefficient (Wildman–Crippen LogP) is 2.06. The summed E-state index contributed by atoms with van der Waals surface area (Å²) < 4.78 is 0. The van der Waals surface area contributed by atoms with Crippen molar-refractivity contribution >= 4 is 5.91 Å². The fourth-order valence-corrected chi connectivity index (χ4v) is 1.98. The van der Waals surface area contributed by atoms with Crippen molar-refractivity contribution in [2.45, 2.75) is 26.8 Å². The van der Waals surface area contributed by atoms with Crippen molar-refractivity contribution in [2.24, 2.45) is 0 Å². The van der Waals surface area contributed by atoms with E-state index >= 15 is 0 Å². The van der Waals surface area contributed by atoms with Crippen LogP contribution in [-0.2, 0) is 13.0 Å². The average Bonchev–Trinajstić information content (AvgIpc) is 2.39. The topological polar surface area (TPSA) is 32.3 Å². The molecule has 1 heterocycles. The second-order valence-corrected chi connectivity index (χ2v) is 4.05. The van der Waals surface area contributed by atoms with E-state index in [-0.39, 0.29) is 5.91 Å². The quantitative estimate of drug-likeness (QED) is 0.806. The smallest absolute Gasteiger partial charge is 0.251 e. The maximum absolute atomic E-state index is 11.4. The molecule has 3 heteroatoms. The summed E-state index contributed by atoms with van der Waals surface area (Å²) in [5.41, 5.74) is 3.42. The second-order valence-electron chi connectivity index (χ2n) is 4.05. The van der Waals surface area contributed by atoms with E-state index < -0.39 is 0 Å². The number of rotatable bonds is 1. The summed E-state index contributed by atoms with van der Waals surface area (Å²) in [5.74, 6) is -0.00303. The van der Waals surface area contributed by atoms with E-state index in [0.29, 0.717) is 0 Å². The third kappa shape index (κ3) is 3.30. The number of carbonyl (C=O) groups excluding carboxylic acids is 1. The first kappa shape index (κ1) is 13.7. The van der Waals surface area contributed by atoms with Crippen LogP contribution in [0, 0.1) is 0 Å². The number of likely N-dealkylation sites (N-methyl/N-ethyl adjacent to an activating group) is 1. The van der Waals surface area contributed by atoms with Crippen LogP contribution in [-0.4, -0.2) is 31.4 Å². The Balaban J connectivity index is 0.000000686. The van der Waals surface area contributed by atoms with Gasteiger partial charge in [-0.15, -0.1) is 0 Å². The SMILES string of the molecule is CC.CNC(=O)c1ccc2c(c1)CCN(C)C2. The summed E-state index contributed by atoms with van der Waals surface area (Å²) in [7, 11) is 3.78. The molecule has 0 radical (unpaired) electrons. The normalized spacial score (nSPS) is 14.4. The predicted molar refractivity (Wildman–Crippen MR) is 71.2 cm³/mol. The van der Waals surface area contributed by atoms with E-state index in [4.69, 9.17) is 0 Å². The Labute approximate surface area is 104 Å². The van der Waals surface area contributed by atoms with Gasteiger partial charge in [0.15, 0.2) is 0 Å². The van der Waals surface area contributed by atoms with Crippen molar-refractivity contribution in [3.8, 4) is 0 Å². The Kier molecular flexibility index (Phi) is 5.16. The van der Waals surface area contributed by atoms with Crippen LogP contribution in [0.15, 0.2) is 18.2 Å². The first-order chi connectivity index (χ1) is 8.20. The van der Waals surface area contributed by atoms with Crippen molar-refractivity contribution in [1.29, 1.82) is 0 Å². The molecule has 0 bridgehead atoms. The Morgan fingerprint density at radius 1 is 1.29 bits per heavy atom. The van der Waals surface area contributed by atoms with Gasteiger partial charge in [-0.2, -0.15) is 0 Å². The highest BCUT2D eigenvalue weighted by Crippen LogP contribution is 2.19. The Morgan fingerprint density at radius 3 is 2.65 bits per heavy atom. The van der Waals surface area contributed by atoms with Gasteiger partial charge in [0, 0.05) is 25.7 Å². The van der Waals surface area contributed by atoms with Gasteiger partial charge in [-0.3, -0.25) is 4.79 Å². The zero-order valence-corrected chi connectivity index (χ0v) is 11.2. The lowest BCUT2D eigenvalue weighted by Gasteiger charge is -2.25. The van der Waals surface area contributed by atoms with E-state index in [1.54, 1.807) is 7.05 Å². The van der Waals surface area contributed by atoms with E-state index in [0.717, 1.165) is 25.1 Å². The summed E-state index contributed by atoms with van der Waals surface area (Å²) >= 11 is 0. The number of nitrogens with one attached hydrogen (secondary N) is 1. The molecule has 1 aliphatic heterocycles. The lowest BCUT2D eigenvalue weighted by Crippen LogP contribution is -2.27. The summed E-state index contributed by atoms with van der Waals surface area (Å²) in [4.78, 5) is 13.7. The molecule has 0 fully saturated rings. The summed E-state index contributed by atoms with van der Waals surface area (Å²) in [6, 6.07) is 5.98. The van der Waals surface area contributed by atoms with Crippen LogP contribution in [0.3, 0.4) is 0 Å². The van der Waals surface area contributed by atoms with E-state index in [1.165, 1.54) is 11.1 Å². The third-order valence-corrected chi connectivity index (χ3v) is 2.90. The zero-order valence-electron chi connectivity index (χ0n) is 11.2. The Hall–Kier alpha value is -1.35. The minimum absolute atomic E-state index is 0.00303. The van der Waals surface area contributed by atoms with Gasteiger partial charge in [-0.1, -0.05) is 19.9 Å². The molecule has 3 nitrogen and oxygen atoms in total. The molecule has 1 aromatic carbocycles. The first-order valence-corrected chi connectivity index (χ1v) is 6.23. The molecule has 1 amide bonds. The molecule has 94 valence electrons. The largest absolute Gasteiger partial charge is 0.355 e. The van der Waals surface area contributed by atoms with Gasteiger partial charge < -0.3 is 10.2 Å². The molecule has 1 aromatic rings. The number of amides is 1. The van der Waals surface area contributed by atoms with E-state index in [1.807, 2.05) is 26.0 Å². The maximum atomic E-state index is 11.4. The van der Waals surface area contributed by atoms with Crippen LogP contribution in [0.5, 0.6) is 0 Å². The molecule has 2 rings (SSSR count). The van der Waals surface area contributed by atoms with Crippen molar-refractivity contribution in [3.05, 3.63) is 34.9 Å². The minimum atomic E-state index is -0.00303. The van der Waals surface area contributed by atoms with Crippen molar-refractivity contribution < 1.29 is 4.79 Å². The monoisotopic (exact) mass is 234 g/mol. The zero-order chi connectivity index (χ0) is 12.8. The number of hydrogen-bond donors (Lipinski definition) is 1. The molecule has 1 N–H and O–H groups in total. The van der Waals surface area contributed by atoms with Crippen molar-refractivity contribution in [3.63, 3.8) is 0 Å². The molecule has 1 aliphatic rings. The standard InChI is InChI=1S/C12H16N2O.C2H6/c1-13-12(15)10-3-4-11-8-14(2)6-5-9(11)7-10;1-2/h3-4,7H,5-6,8H2,1-2H3,(H,13,15);1-2H3. The van der Waals surface area contributed by atoms with Gasteiger partial charge in [0.1, 0.15) is 0 Å². The van der Waals surface area contributed by atoms with E-state index in [9.17, 15) is 4.79 Å². The highest BCUT2D eigenvalue weighted by molar-refractivity contribution is 5.94. The third-order valence-electron chi connectivity index (χ3n) is 2.90. The molecule has 17 heavy (non-hydrogen) atoms. The first-order valence-electron chi connectivity index (χ1n) is 6.23. The van der Waals surface area contributed by atoms with Crippen LogP contribution < -0.4 is 5.32 Å². The van der Waals surface area contributed by atoms with Crippen LogP contribution in [0.2, 0.25) is 0 Å².